The number of allylic oxidation sites excluding steroid dienone is 1. The number of unbranched alkanes of at least 4 members (excludes halogenated alkanes) is 8. The van der Waals surface area contributed by atoms with E-state index in [1.165, 1.54) is 19.3 Å². The van der Waals surface area contributed by atoms with Crippen molar-refractivity contribution in [3.05, 3.63) is 12.2 Å². The summed E-state index contributed by atoms with van der Waals surface area (Å²) in [7, 11) is 0. The number of carboxylic acids is 1. The zero-order valence-corrected chi connectivity index (χ0v) is 27.8. The van der Waals surface area contributed by atoms with Crippen LogP contribution in [0.1, 0.15) is 136 Å². The Morgan fingerprint density at radius 3 is 2.43 bits per heavy atom. The van der Waals surface area contributed by atoms with Crippen LogP contribution >= 0.6 is 0 Å². The molecule has 0 aliphatic carbocycles. The first-order valence-electron chi connectivity index (χ1n) is 17.5. The van der Waals surface area contributed by atoms with Crippen molar-refractivity contribution in [2.45, 2.75) is 172 Å². The molecular formula is C34H56ClN3O6. The second-order valence-electron chi connectivity index (χ2n) is 13.7. The predicted molar refractivity (Wildman–Crippen MR) is 165 cm³/mol. The van der Waals surface area contributed by atoms with Gasteiger partial charge in [-0.1, -0.05) is 64.0 Å². The van der Waals surface area contributed by atoms with E-state index in [4.69, 9.17) is 19.3 Å². The number of ether oxygens (including phenoxy) is 3. The zero-order valence-electron chi connectivity index (χ0n) is 27.0. The molecule has 2 spiro atoms. The van der Waals surface area contributed by atoms with Crippen LogP contribution in [0, 0.1) is 5.92 Å². The summed E-state index contributed by atoms with van der Waals surface area (Å²) in [5.74, 6) is -0.193. The van der Waals surface area contributed by atoms with Gasteiger partial charge >= 0.3 is 17.9 Å². The summed E-state index contributed by atoms with van der Waals surface area (Å²) in [6, 6.07) is 0.389. The molecule has 0 aromatic rings. The quantitative estimate of drug-likeness (QED) is 0.116. The Balaban J connectivity index is 0.00000442. The van der Waals surface area contributed by atoms with E-state index in [0.717, 1.165) is 102 Å². The van der Waals surface area contributed by atoms with Gasteiger partial charge in [0.05, 0.1) is 30.9 Å². The van der Waals surface area contributed by atoms with Crippen LogP contribution in [-0.2, 0) is 23.8 Å². The average molecular weight is 638 g/mol. The molecule has 9 nitrogen and oxygen atoms in total. The van der Waals surface area contributed by atoms with E-state index >= 15 is 0 Å². The largest absolute Gasteiger partial charge is 1.00 e. The molecule has 5 rings (SSSR count). The van der Waals surface area contributed by atoms with E-state index in [1.807, 2.05) is 0 Å². The molecule has 0 aromatic heterocycles. The van der Waals surface area contributed by atoms with Crippen LogP contribution in [-0.4, -0.2) is 69.9 Å². The minimum absolute atomic E-state index is 0. The van der Waals surface area contributed by atoms with Gasteiger partial charge in [0, 0.05) is 25.7 Å². The third kappa shape index (κ3) is 8.30. The van der Waals surface area contributed by atoms with Crippen molar-refractivity contribution in [3.63, 3.8) is 0 Å². The molecular weight excluding hydrogens is 582 g/mol. The summed E-state index contributed by atoms with van der Waals surface area (Å²) in [6.45, 7) is 4.76. The van der Waals surface area contributed by atoms with Gasteiger partial charge in [-0.25, -0.2) is 10.6 Å². The number of hydrogen-bond donors (Lipinski definition) is 3. The highest BCUT2D eigenvalue weighted by Crippen LogP contribution is 2.45. The molecule has 5 aliphatic heterocycles. The Labute approximate surface area is 270 Å². The smallest absolute Gasteiger partial charge is 0.350 e. The van der Waals surface area contributed by atoms with E-state index in [9.17, 15) is 9.59 Å². The van der Waals surface area contributed by atoms with Gasteiger partial charge in [-0.15, -0.1) is 0 Å². The van der Waals surface area contributed by atoms with Crippen LogP contribution < -0.4 is 23.0 Å². The number of esters is 1. The van der Waals surface area contributed by atoms with Gasteiger partial charge in [0.2, 0.25) is 5.72 Å². The van der Waals surface area contributed by atoms with Crippen LogP contribution in [0.25, 0.3) is 0 Å². The van der Waals surface area contributed by atoms with Gasteiger partial charge in [0.15, 0.2) is 11.6 Å². The normalized spacial score (nSPS) is 34.1. The first kappa shape index (κ1) is 35.0. The van der Waals surface area contributed by atoms with Crippen LogP contribution in [0.2, 0.25) is 0 Å². The molecule has 7 atom stereocenters. The molecule has 3 N–H and O–H groups in total. The lowest BCUT2D eigenvalue weighted by molar-refractivity contribution is -0.609. The Hall–Kier alpha value is -1.84. The molecule has 44 heavy (non-hydrogen) atoms. The second-order valence-corrected chi connectivity index (χ2v) is 13.7. The number of aliphatic carboxylic acids is 1. The highest BCUT2D eigenvalue weighted by atomic mass is 35.5. The summed E-state index contributed by atoms with van der Waals surface area (Å²) < 4.78 is 21.9. The fourth-order valence-electron chi connectivity index (χ4n) is 8.27. The fraction of sp³-hybridized carbons (Fsp3) is 0.853. The van der Waals surface area contributed by atoms with Crippen LogP contribution in [0.5, 0.6) is 0 Å². The number of carbonyl (C=O) groups excluding carboxylic acids is 1. The van der Waals surface area contributed by atoms with Crippen LogP contribution in [0.15, 0.2) is 12.2 Å². The van der Waals surface area contributed by atoms with Crippen LogP contribution in [0.4, 0.5) is 0 Å². The van der Waals surface area contributed by atoms with Gasteiger partial charge in [-0.2, -0.15) is 0 Å². The predicted octanol–water partition coefficient (Wildman–Crippen LogP) is 2.76. The molecule has 0 unspecified atom stereocenters. The van der Waals surface area contributed by atoms with Crippen molar-refractivity contribution in [2.24, 2.45) is 5.92 Å². The molecule has 0 radical (unpaired) electrons. The maximum atomic E-state index is 13.9. The Morgan fingerprint density at radius 2 is 1.73 bits per heavy atom. The van der Waals surface area contributed by atoms with Crippen LogP contribution in [0.3, 0.4) is 0 Å². The summed E-state index contributed by atoms with van der Waals surface area (Å²) in [5, 5.41) is 16.3. The molecule has 250 valence electrons. The Kier molecular flexibility index (Phi) is 12.8. The molecule has 2 fully saturated rings. The molecule has 5 heterocycles. The van der Waals surface area contributed by atoms with Gasteiger partial charge in [-0.05, 0) is 58.3 Å². The maximum absolute atomic E-state index is 13.9. The SMILES string of the molecule is CC[C@H]1C=CCC[C@@]2(C[C@@H]3CC[C@@H]4[C@H](C(=O)OCCCCCCCCCCCC(=O)O)[C@]5(CCC[C@@H](C)O5)NC(=[N+]34)N2)O1.[Cl-]. The van der Waals surface area contributed by atoms with Crippen molar-refractivity contribution in [1.29, 1.82) is 0 Å². The number of carbonyl (C=O) groups is 2. The fourth-order valence-corrected chi connectivity index (χ4v) is 8.27. The lowest BCUT2D eigenvalue weighted by Crippen LogP contribution is -3.00. The number of nitrogens with zero attached hydrogens (tertiary/aromatic N) is 1. The van der Waals surface area contributed by atoms with E-state index in [0.29, 0.717) is 12.6 Å². The summed E-state index contributed by atoms with van der Waals surface area (Å²) in [6.07, 6.45) is 23.1. The Morgan fingerprint density at radius 1 is 1.00 bits per heavy atom. The van der Waals surface area contributed by atoms with E-state index in [2.05, 4.69) is 41.2 Å². The highest BCUT2D eigenvalue weighted by Gasteiger charge is 2.64. The monoisotopic (exact) mass is 637 g/mol. The number of rotatable bonds is 14. The molecule has 5 aliphatic rings. The van der Waals surface area contributed by atoms with E-state index < -0.39 is 17.4 Å². The number of hydrogen-bond acceptors (Lipinski definition) is 7. The first-order chi connectivity index (χ1) is 20.8. The standard InChI is InChI=1S/C34H55N3O6.ClH/c1-3-27-17-12-13-21-33(43-27)24-26-19-20-28-30(34(22-15-16-25(2)42-34)36-32(35-33)37(26)28)31(40)41-23-14-10-8-6-4-5-7-9-11-18-29(38)39;/h12,17,25-28,30H,3-11,13-16,18-24H2,1-2H3,(H2,35,36,38,39);1H/t25-,26+,27+,28-,30-,33+,34-;/m1./s1. The second kappa shape index (κ2) is 16.1. The van der Waals surface area contributed by atoms with E-state index in [-0.39, 0.29) is 49.0 Å². The minimum atomic E-state index is -0.761. The van der Waals surface area contributed by atoms with Crippen molar-refractivity contribution < 1.29 is 45.9 Å². The first-order valence-corrected chi connectivity index (χ1v) is 17.5. The van der Waals surface area contributed by atoms with Crippen molar-refractivity contribution in [3.8, 4) is 0 Å². The van der Waals surface area contributed by atoms with Crippen molar-refractivity contribution >= 4 is 17.9 Å². The molecule has 0 amide bonds. The van der Waals surface area contributed by atoms with Crippen molar-refractivity contribution in [2.75, 3.05) is 6.61 Å². The topological polar surface area (TPSA) is 109 Å². The lowest BCUT2D eigenvalue weighted by Gasteiger charge is -2.50. The number of guanidine groups is 1. The third-order valence-corrected chi connectivity index (χ3v) is 10.4. The summed E-state index contributed by atoms with van der Waals surface area (Å²) in [5.41, 5.74) is -1.17. The molecule has 0 bridgehead atoms. The number of carboxylic acid groups (broad SMARTS) is 1. The van der Waals surface area contributed by atoms with Gasteiger partial charge in [0.25, 0.3) is 0 Å². The lowest BCUT2D eigenvalue weighted by atomic mass is 9.80. The molecule has 0 saturated carbocycles. The average Bonchev–Trinajstić information content (AvgIpc) is 3.27. The van der Waals surface area contributed by atoms with Gasteiger partial charge < -0.3 is 31.7 Å². The molecule has 0 aromatic carbocycles. The summed E-state index contributed by atoms with van der Waals surface area (Å²) >= 11 is 0. The van der Waals surface area contributed by atoms with Crippen molar-refractivity contribution in [1.82, 2.24) is 10.6 Å². The zero-order chi connectivity index (χ0) is 30.3. The molecule has 2 saturated heterocycles. The third-order valence-electron chi connectivity index (χ3n) is 10.4. The summed E-state index contributed by atoms with van der Waals surface area (Å²) in [4.78, 5) is 24.5. The van der Waals surface area contributed by atoms with Gasteiger partial charge in [0.1, 0.15) is 0 Å². The minimum Gasteiger partial charge on any atom is -1.00 e. The van der Waals surface area contributed by atoms with Gasteiger partial charge in [-0.3, -0.25) is 14.2 Å². The number of nitrogens with one attached hydrogen (secondary N) is 2. The number of halogens is 1. The maximum Gasteiger partial charge on any atom is 0.350 e. The van der Waals surface area contributed by atoms with E-state index in [1.54, 1.807) is 0 Å². The molecule has 10 heteroatoms. The highest BCUT2D eigenvalue weighted by molar-refractivity contribution is 5.82. The Bertz CT molecular complexity index is 1040.